The zero-order valence-corrected chi connectivity index (χ0v) is 16.6. The fourth-order valence-electron chi connectivity index (χ4n) is 3.24. The van der Waals surface area contributed by atoms with Gasteiger partial charge in [0.05, 0.1) is 18.2 Å². The number of hydrogen-bond acceptors (Lipinski definition) is 4. The highest BCUT2D eigenvalue weighted by Gasteiger charge is 2.27. The maximum atomic E-state index is 12.2. The van der Waals surface area contributed by atoms with Gasteiger partial charge in [-0.3, -0.25) is 0 Å². The summed E-state index contributed by atoms with van der Waals surface area (Å²) >= 11 is 0. The Morgan fingerprint density at radius 1 is 1.31 bits per heavy atom. The third-order valence-corrected chi connectivity index (χ3v) is 4.60. The predicted molar refractivity (Wildman–Crippen MR) is 101 cm³/mol. The Hall–Kier alpha value is -2.22. The molecule has 5 heteroatoms. The van der Waals surface area contributed by atoms with E-state index in [1.807, 2.05) is 51.7 Å². The molecule has 0 spiro atoms. The molecule has 1 heterocycles. The molecule has 0 aromatic heterocycles. The maximum Gasteiger partial charge on any atom is 0.410 e. The number of nitrogens with zero attached hydrogens (tertiary/aromatic N) is 2. The summed E-state index contributed by atoms with van der Waals surface area (Å²) in [7, 11) is 0. The third kappa shape index (κ3) is 5.66. The molecule has 1 unspecified atom stereocenters. The number of ether oxygens (including phenoxy) is 2. The van der Waals surface area contributed by atoms with Crippen LogP contribution >= 0.6 is 0 Å². The monoisotopic (exact) mass is 358 g/mol. The van der Waals surface area contributed by atoms with E-state index in [-0.39, 0.29) is 6.09 Å². The number of rotatable bonds is 4. The molecule has 0 saturated carbocycles. The van der Waals surface area contributed by atoms with E-state index in [2.05, 4.69) is 6.07 Å². The van der Waals surface area contributed by atoms with E-state index in [1.54, 1.807) is 0 Å². The molecular formula is C21H30N2O3. The summed E-state index contributed by atoms with van der Waals surface area (Å²) in [5, 5.41) is 9.17. The summed E-state index contributed by atoms with van der Waals surface area (Å²) in [6, 6.07) is 6.00. The van der Waals surface area contributed by atoms with Gasteiger partial charge >= 0.3 is 6.09 Å². The van der Waals surface area contributed by atoms with Gasteiger partial charge in [-0.05, 0) is 77.0 Å². The van der Waals surface area contributed by atoms with E-state index in [4.69, 9.17) is 14.7 Å². The lowest BCUT2D eigenvalue weighted by Gasteiger charge is -2.34. The van der Waals surface area contributed by atoms with Gasteiger partial charge in [-0.1, -0.05) is 6.07 Å². The van der Waals surface area contributed by atoms with Crippen LogP contribution in [0.15, 0.2) is 12.1 Å². The van der Waals surface area contributed by atoms with Crippen LogP contribution in [0.25, 0.3) is 0 Å². The molecule has 26 heavy (non-hydrogen) atoms. The van der Waals surface area contributed by atoms with E-state index in [0.29, 0.717) is 24.6 Å². The van der Waals surface area contributed by atoms with Crippen LogP contribution < -0.4 is 4.74 Å². The van der Waals surface area contributed by atoms with Crippen molar-refractivity contribution in [2.75, 3.05) is 19.7 Å². The molecule has 0 radical (unpaired) electrons. The van der Waals surface area contributed by atoms with Gasteiger partial charge in [0.25, 0.3) is 0 Å². The molecule has 1 amide bonds. The Morgan fingerprint density at radius 2 is 2.04 bits per heavy atom. The summed E-state index contributed by atoms with van der Waals surface area (Å²) in [5.41, 5.74) is 2.20. The zero-order valence-electron chi connectivity index (χ0n) is 16.6. The first-order valence-electron chi connectivity index (χ1n) is 9.31. The molecule has 1 fully saturated rings. The number of hydrogen-bond donors (Lipinski definition) is 0. The standard InChI is InChI=1S/C21H30N2O3/c1-15-11-16(2)19(12-18(15)13-22)25-10-8-17-7-6-9-23(14-17)20(24)26-21(3,4)5/h11-12,17H,6-10,14H2,1-5H3. The van der Waals surface area contributed by atoms with Gasteiger partial charge in [0, 0.05) is 13.1 Å². The minimum atomic E-state index is -0.464. The quantitative estimate of drug-likeness (QED) is 0.789. The van der Waals surface area contributed by atoms with Crippen molar-refractivity contribution in [3.8, 4) is 11.8 Å². The average molecular weight is 358 g/mol. The second kappa shape index (κ2) is 8.44. The van der Waals surface area contributed by atoms with Crippen molar-refractivity contribution in [2.24, 2.45) is 5.92 Å². The fourth-order valence-corrected chi connectivity index (χ4v) is 3.24. The first-order valence-corrected chi connectivity index (χ1v) is 9.31. The Balaban J connectivity index is 1.86. The number of carbonyl (C=O) groups excluding carboxylic acids is 1. The van der Waals surface area contributed by atoms with Crippen molar-refractivity contribution in [1.29, 1.82) is 5.26 Å². The molecule has 1 aliphatic rings. The molecule has 1 aliphatic heterocycles. The molecule has 142 valence electrons. The molecule has 5 nitrogen and oxygen atoms in total. The molecule has 0 N–H and O–H groups in total. The highest BCUT2D eigenvalue weighted by atomic mass is 16.6. The van der Waals surface area contributed by atoms with Crippen LogP contribution in [0, 0.1) is 31.1 Å². The smallest absolute Gasteiger partial charge is 0.410 e. The zero-order chi connectivity index (χ0) is 19.3. The average Bonchev–Trinajstić information content (AvgIpc) is 2.55. The van der Waals surface area contributed by atoms with Gasteiger partial charge in [-0.15, -0.1) is 0 Å². The molecule has 1 aromatic carbocycles. The van der Waals surface area contributed by atoms with Crippen LogP contribution in [0.2, 0.25) is 0 Å². The van der Waals surface area contributed by atoms with Gasteiger partial charge in [0.15, 0.2) is 0 Å². The molecule has 1 aromatic rings. The summed E-state index contributed by atoms with van der Waals surface area (Å²) < 4.78 is 11.4. The molecule has 0 aliphatic carbocycles. The van der Waals surface area contributed by atoms with Crippen molar-refractivity contribution in [3.63, 3.8) is 0 Å². The van der Waals surface area contributed by atoms with Crippen LogP contribution in [0.3, 0.4) is 0 Å². The second-order valence-corrected chi connectivity index (χ2v) is 8.12. The number of amides is 1. The van der Waals surface area contributed by atoms with E-state index >= 15 is 0 Å². The van der Waals surface area contributed by atoms with Crippen LogP contribution in [0.1, 0.15) is 56.7 Å². The Bertz CT molecular complexity index is 686. The lowest BCUT2D eigenvalue weighted by Crippen LogP contribution is -2.43. The largest absolute Gasteiger partial charge is 0.493 e. The summed E-state index contributed by atoms with van der Waals surface area (Å²) in [6.45, 7) is 11.7. The van der Waals surface area contributed by atoms with Crippen LogP contribution in [-0.4, -0.2) is 36.3 Å². The number of aryl methyl sites for hydroxylation is 2. The number of benzene rings is 1. The Labute approximate surface area is 156 Å². The molecule has 1 saturated heterocycles. The number of carbonyl (C=O) groups is 1. The van der Waals surface area contributed by atoms with Gasteiger partial charge in [0.2, 0.25) is 0 Å². The van der Waals surface area contributed by atoms with Crippen molar-refractivity contribution in [3.05, 3.63) is 28.8 Å². The number of likely N-dealkylation sites (tertiary alicyclic amines) is 1. The minimum absolute atomic E-state index is 0.226. The van der Waals surface area contributed by atoms with E-state index in [1.165, 1.54) is 0 Å². The summed E-state index contributed by atoms with van der Waals surface area (Å²) in [4.78, 5) is 14.1. The number of piperidine rings is 1. The van der Waals surface area contributed by atoms with Crippen molar-refractivity contribution in [2.45, 2.75) is 59.5 Å². The lowest BCUT2D eigenvalue weighted by atomic mass is 9.95. The highest BCUT2D eigenvalue weighted by Crippen LogP contribution is 2.25. The van der Waals surface area contributed by atoms with Crippen LogP contribution in [0.5, 0.6) is 5.75 Å². The minimum Gasteiger partial charge on any atom is -0.493 e. The fraction of sp³-hybridized carbons (Fsp3) is 0.619. The van der Waals surface area contributed by atoms with Gasteiger partial charge in [-0.2, -0.15) is 5.26 Å². The summed E-state index contributed by atoms with van der Waals surface area (Å²) in [5.74, 6) is 1.18. The highest BCUT2D eigenvalue weighted by molar-refractivity contribution is 5.68. The first kappa shape index (κ1) is 20.1. The normalized spacial score (nSPS) is 17.5. The van der Waals surface area contributed by atoms with Crippen molar-refractivity contribution in [1.82, 2.24) is 4.90 Å². The van der Waals surface area contributed by atoms with Crippen LogP contribution in [-0.2, 0) is 4.74 Å². The lowest BCUT2D eigenvalue weighted by molar-refractivity contribution is 0.0154. The van der Waals surface area contributed by atoms with Gasteiger partial charge in [0.1, 0.15) is 11.4 Å². The third-order valence-electron chi connectivity index (χ3n) is 4.60. The Morgan fingerprint density at radius 3 is 2.69 bits per heavy atom. The second-order valence-electron chi connectivity index (χ2n) is 8.12. The molecule has 1 atom stereocenters. The predicted octanol–water partition coefficient (Wildman–Crippen LogP) is 4.59. The van der Waals surface area contributed by atoms with E-state index in [0.717, 1.165) is 42.7 Å². The Kier molecular flexibility index (Phi) is 6.52. The maximum absolute atomic E-state index is 12.2. The molecular weight excluding hydrogens is 328 g/mol. The molecule has 2 rings (SSSR count). The van der Waals surface area contributed by atoms with Crippen molar-refractivity contribution >= 4 is 6.09 Å². The van der Waals surface area contributed by atoms with Gasteiger partial charge < -0.3 is 14.4 Å². The number of nitriles is 1. The SMILES string of the molecule is Cc1cc(C)c(OCCC2CCCN(C(=O)OC(C)(C)C)C2)cc1C#N. The topological polar surface area (TPSA) is 62.6 Å². The molecule has 0 bridgehead atoms. The van der Waals surface area contributed by atoms with E-state index in [9.17, 15) is 4.79 Å². The first-order chi connectivity index (χ1) is 12.2. The van der Waals surface area contributed by atoms with Crippen molar-refractivity contribution < 1.29 is 14.3 Å². The van der Waals surface area contributed by atoms with Gasteiger partial charge in [-0.25, -0.2) is 4.79 Å². The van der Waals surface area contributed by atoms with E-state index < -0.39 is 5.60 Å². The summed E-state index contributed by atoms with van der Waals surface area (Å²) in [6.07, 6.45) is 2.75. The van der Waals surface area contributed by atoms with Crippen LogP contribution in [0.4, 0.5) is 4.79 Å².